The molecule has 1 aromatic heterocycles. The van der Waals surface area contributed by atoms with Crippen molar-refractivity contribution >= 4 is 57.3 Å². The summed E-state index contributed by atoms with van der Waals surface area (Å²) >= 11 is 0. The predicted molar refractivity (Wildman–Crippen MR) is 182 cm³/mol. The first-order chi connectivity index (χ1) is 23.8. The van der Waals surface area contributed by atoms with Gasteiger partial charge < -0.3 is 25.7 Å². The minimum absolute atomic E-state index is 0.0856. The molecule has 1 atom stereocenters. The van der Waals surface area contributed by atoms with Crippen LogP contribution in [0.5, 0.6) is 0 Å². The highest BCUT2D eigenvalue weighted by molar-refractivity contribution is 6.24. The molecule has 2 saturated carbocycles. The summed E-state index contributed by atoms with van der Waals surface area (Å²) < 4.78 is 5.49. The lowest BCUT2D eigenvalue weighted by Crippen LogP contribution is -2.54. The van der Waals surface area contributed by atoms with Crippen LogP contribution in [0.1, 0.15) is 64.9 Å². The molecule has 3 aliphatic heterocycles. The van der Waals surface area contributed by atoms with E-state index in [1.165, 1.54) is 0 Å². The number of carbonyl (C=O) groups is 4. The lowest BCUT2D eigenvalue weighted by Gasteiger charge is -2.36. The second-order valence-electron chi connectivity index (χ2n) is 13.6. The number of benzene rings is 2. The summed E-state index contributed by atoms with van der Waals surface area (Å²) in [4.78, 5) is 63.0. The number of hydrogen-bond acceptors (Lipinski definition) is 11. The van der Waals surface area contributed by atoms with Crippen molar-refractivity contribution < 1.29 is 23.9 Å². The first kappa shape index (κ1) is 31.1. The van der Waals surface area contributed by atoms with E-state index in [0.717, 1.165) is 84.9 Å². The van der Waals surface area contributed by atoms with E-state index >= 15 is 0 Å². The molecule has 4 fully saturated rings. The molecular formula is C36H38N8O5. The van der Waals surface area contributed by atoms with E-state index in [1.54, 1.807) is 24.4 Å². The first-order valence-corrected chi connectivity index (χ1v) is 17.1. The summed E-state index contributed by atoms with van der Waals surface area (Å²) in [5.41, 5.74) is 6.11. The van der Waals surface area contributed by atoms with Gasteiger partial charge in [0.25, 0.3) is 11.8 Å². The zero-order valence-electron chi connectivity index (χ0n) is 27.0. The molecule has 0 radical (unpaired) electrons. The average Bonchev–Trinajstić information content (AvgIpc) is 3.92. The largest absolute Gasteiger partial charge is 0.388 e. The van der Waals surface area contributed by atoms with Crippen LogP contribution >= 0.6 is 0 Å². The Morgan fingerprint density at radius 3 is 2.55 bits per heavy atom. The summed E-state index contributed by atoms with van der Waals surface area (Å²) in [6.45, 7) is 3.86. The smallest absolute Gasteiger partial charge is 0.262 e. The summed E-state index contributed by atoms with van der Waals surface area (Å²) in [7, 11) is 0. The maximum atomic E-state index is 13.2. The minimum Gasteiger partial charge on any atom is -0.388 e. The van der Waals surface area contributed by atoms with Gasteiger partial charge in [-0.1, -0.05) is 0 Å². The normalized spacial score (nSPS) is 24.1. The van der Waals surface area contributed by atoms with Crippen LogP contribution in [0.4, 0.5) is 11.4 Å². The van der Waals surface area contributed by atoms with E-state index in [1.807, 2.05) is 12.3 Å². The van der Waals surface area contributed by atoms with E-state index < -0.39 is 29.7 Å². The molecule has 5 aliphatic rings. The Kier molecular flexibility index (Phi) is 8.06. The third kappa shape index (κ3) is 6.14. The standard InChI is InChI=1S/C36H38N8O5/c37-33(21-1-2-21)27(30-19-40-29-16-24(4-6-28(29)41-30)43-9-11-49-12-10-43)18-39-23-13-20(14-23)17-38-22-3-5-25-26(15-22)36(48)44(35(25)47)31-7-8-32(45)42-34(31)46/h3-6,15-16,18-21,23,31,37-39H,1-2,7-14,17H2,(H,42,45,46)/b27-18-,37-33?/t20-,23-,31?. The first-order valence-electron chi connectivity index (χ1n) is 17.1. The van der Waals surface area contributed by atoms with Crippen LogP contribution in [-0.4, -0.2) is 89.1 Å². The molecule has 8 rings (SSSR count). The summed E-state index contributed by atoms with van der Waals surface area (Å²) in [6.07, 6.45) is 7.86. The Balaban J connectivity index is 0.881. The monoisotopic (exact) mass is 662 g/mol. The molecule has 49 heavy (non-hydrogen) atoms. The zero-order valence-corrected chi connectivity index (χ0v) is 27.0. The number of imide groups is 2. The molecule has 2 aromatic carbocycles. The average molecular weight is 663 g/mol. The molecule has 0 bridgehead atoms. The fourth-order valence-corrected chi connectivity index (χ4v) is 7.11. The van der Waals surface area contributed by atoms with Crippen LogP contribution < -0.4 is 20.9 Å². The number of hydrogen-bond donors (Lipinski definition) is 4. The van der Waals surface area contributed by atoms with Gasteiger partial charge in [0.05, 0.1) is 47.3 Å². The summed E-state index contributed by atoms with van der Waals surface area (Å²) in [5, 5.41) is 18.0. The maximum Gasteiger partial charge on any atom is 0.262 e. The second-order valence-corrected chi connectivity index (χ2v) is 13.6. The highest BCUT2D eigenvalue weighted by Gasteiger charge is 2.44. The molecule has 2 aliphatic carbocycles. The van der Waals surface area contributed by atoms with Gasteiger partial charge in [-0.25, -0.2) is 4.98 Å². The number of ether oxygens (including phenoxy) is 1. The number of allylic oxidation sites excluding steroid dienone is 1. The van der Waals surface area contributed by atoms with Crippen molar-refractivity contribution in [3.05, 3.63) is 65.6 Å². The van der Waals surface area contributed by atoms with E-state index in [-0.39, 0.29) is 35.9 Å². The summed E-state index contributed by atoms with van der Waals surface area (Å²) in [5.74, 6) is -1.37. The molecule has 13 heteroatoms. The third-order valence-corrected chi connectivity index (χ3v) is 10.2. The Morgan fingerprint density at radius 2 is 1.78 bits per heavy atom. The summed E-state index contributed by atoms with van der Waals surface area (Å²) in [6, 6.07) is 10.5. The Hall–Kier alpha value is -5.17. The molecule has 13 nitrogen and oxygen atoms in total. The van der Waals surface area contributed by atoms with Crippen molar-refractivity contribution in [1.29, 1.82) is 5.41 Å². The van der Waals surface area contributed by atoms with Crippen LogP contribution in [0.15, 0.2) is 48.8 Å². The molecule has 4 heterocycles. The van der Waals surface area contributed by atoms with Gasteiger partial charge in [0, 0.05) is 66.9 Å². The Labute approximate surface area is 283 Å². The van der Waals surface area contributed by atoms with Gasteiger partial charge in [-0.15, -0.1) is 0 Å². The zero-order chi connectivity index (χ0) is 33.6. The van der Waals surface area contributed by atoms with E-state index in [9.17, 15) is 19.2 Å². The highest BCUT2D eigenvalue weighted by atomic mass is 16.5. The van der Waals surface area contributed by atoms with Crippen molar-refractivity contribution in [2.75, 3.05) is 43.1 Å². The fourth-order valence-electron chi connectivity index (χ4n) is 7.11. The topological polar surface area (TPSA) is 170 Å². The quantitative estimate of drug-likeness (QED) is 0.187. The van der Waals surface area contributed by atoms with Crippen LogP contribution in [0.2, 0.25) is 0 Å². The molecule has 4 amide bonds. The number of carbonyl (C=O) groups excluding carboxylic acids is 4. The lowest BCUT2D eigenvalue weighted by molar-refractivity contribution is -0.136. The van der Waals surface area contributed by atoms with Crippen LogP contribution in [0.3, 0.4) is 0 Å². The second kappa shape index (κ2) is 12.7. The lowest BCUT2D eigenvalue weighted by atomic mass is 9.80. The third-order valence-electron chi connectivity index (χ3n) is 10.2. The van der Waals surface area contributed by atoms with E-state index in [2.05, 4.69) is 33.0 Å². The number of rotatable bonds is 10. The molecule has 252 valence electrons. The van der Waals surface area contributed by atoms with Gasteiger partial charge in [-0.3, -0.25) is 34.4 Å². The number of anilines is 2. The molecule has 1 unspecified atom stereocenters. The van der Waals surface area contributed by atoms with Crippen molar-refractivity contribution in [3.8, 4) is 0 Å². The molecule has 0 spiro atoms. The molecule has 2 saturated heterocycles. The molecule has 3 aromatic rings. The fraction of sp³-hybridized carbons (Fsp3) is 0.417. The number of piperidine rings is 1. The van der Waals surface area contributed by atoms with Crippen molar-refractivity contribution in [2.24, 2.45) is 11.8 Å². The number of nitrogens with zero attached hydrogens (tertiary/aromatic N) is 4. The Morgan fingerprint density at radius 1 is 0.980 bits per heavy atom. The number of morpholine rings is 1. The maximum absolute atomic E-state index is 13.2. The van der Waals surface area contributed by atoms with Gasteiger partial charge in [-0.2, -0.15) is 0 Å². The van der Waals surface area contributed by atoms with Crippen molar-refractivity contribution in [3.63, 3.8) is 0 Å². The predicted octanol–water partition coefficient (Wildman–Crippen LogP) is 3.12. The highest BCUT2D eigenvalue weighted by Crippen LogP contribution is 2.36. The number of nitrogens with one attached hydrogen (secondary N) is 4. The van der Waals surface area contributed by atoms with Gasteiger partial charge in [-0.05, 0) is 74.4 Å². The van der Waals surface area contributed by atoms with Crippen LogP contribution in [0.25, 0.3) is 16.6 Å². The number of aromatic nitrogens is 2. The minimum atomic E-state index is -0.981. The SMILES string of the molecule is N=C(/C(=C\N[C@H]1C[C@H](CNc2ccc3c(c2)C(=O)N(C2CCC(=O)NC2=O)C3=O)C1)c1cnc2cc(N3CCOCC3)ccc2n1)C1CC1. The van der Waals surface area contributed by atoms with Gasteiger partial charge in [0.2, 0.25) is 11.8 Å². The van der Waals surface area contributed by atoms with Crippen molar-refractivity contribution in [1.82, 2.24) is 25.5 Å². The molecule has 4 N–H and O–H groups in total. The number of amides is 4. The number of fused-ring (bicyclic) bond motifs is 2. The van der Waals surface area contributed by atoms with Gasteiger partial charge in [0.15, 0.2) is 0 Å². The van der Waals surface area contributed by atoms with Crippen LogP contribution in [-0.2, 0) is 14.3 Å². The Bertz CT molecular complexity index is 1910. The molecular weight excluding hydrogens is 624 g/mol. The van der Waals surface area contributed by atoms with Crippen molar-refractivity contribution in [2.45, 2.75) is 50.6 Å². The van der Waals surface area contributed by atoms with Gasteiger partial charge >= 0.3 is 0 Å². The van der Waals surface area contributed by atoms with E-state index in [0.29, 0.717) is 23.9 Å². The van der Waals surface area contributed by atoms with Gasteiger partial charge in [0.1, 0.15) is 6.04 Å². The van der Waals surface area contributed by atoms with Crippen LogP contribution in [0, 0.1) is 17.2 Å². The van der Waals surface area contributed by atoms with E-state index in [4.69, 9.17) is 20.1 Å².